The van der Waals surface area contributed by atoms with Crippen LogP contribution in [0.15, 0.2) is 71.6 Å². The minimum Gasteiger partial charge on any atom is -0.481 e. The molecule has 41 heavy (non-hydrogen) atoms. The number of benzene rings is 3. The van der Waals surface area contributed by atoms with Crippen molar-refractivity contribution in [2.24, 2.45) is 5.92 Å². The number of hydrogen-bond donors (Lipinski definition) is 3. The number of likely N-dealkylation sites (N-methyl/N-ethyl adjacent to an activating group) is 1. The zero-order valence-electron chi connectivity index (χ0n) is 23.5. The number of β-amino-alcohol motifs (C(OH)–C–C–N with tert-alkyl or cyclic N) is 1. The molecular weight excluding hydrogens is 549 g/mol. The summed E-state index contributed by atoms with van der Waals surface area (Å²) in [5.41, 5.74) is 2.82. The lowest BCUT2D eigenvalue weighted by molar-refractivity contribution is -0.137. The molecule has 0 heterocycles. The minimum atomic E-state index is -4.57. The van der Waals surface area contributed by atoms with Gasteiger partial charge in [0.05, 0.1) is 18.1 Å². The molecule has 4 rings (SSSR count). The maximum atomic E-state index is 14.0. The maximum Gasteiger partial charge on any atom is 0.417 e. The van der Waals surface area contributed by atoms with Crippen LogP contribution >= 0.6 is 11.9 Å². The molecule has 9 heteroatoms. The Morgan fingerprint density at radius 1 is 1.05 bits per heavy atom. The Labute approximate surface area is 243 Å². The van der Waals surface area contributed by atoms with Crippen molar-refractivity contribution in [3.05, 3.63) is 89.0 Å². The molecule has 3 aromatic carbocycles. The van der Waals surface area contributed by atoms with Crippen molar-refractivity contribution < 1.29 is 28.2 Å². The van der Waals surface area contributed by atoms with E-state index in [1.54, 1.807) is 17.4 Å². The number of nitrogens with zero attached hydrogens (tertiary/aromatic N) is 1. The number of halogens is 3. The summed E-state index contributed by atoms with van der Waals surface area (Å²) in [5, 5.41) is 23.1. The van der Waals surface area contributed by atoms with Gasteiger partial charge in [0.15, 0.2) is 0 Å². The fraction of sp³-hybridized carbons (Fsp3) is 0.406. The fourth-order valence-corrected chi connectivity index (χ4v) is 6.51. The Balaban J connectivity index is 1.32. The van der Waals surface area contributed by atoms with Crippen molar-refractivity contribution in [2.45, 2.75) is 62.2 Å². The van der Waals surface area contributed by atoms with Gasteiger partial charge in [-0.2, -0.15) is 13.2 Å². The average molecular weight is 587 g/mol. The third-order valence-electron chi connectivity index (χ3n) is 7.40. The van der Waals surface area contributed by atoms with Gasteiger partial charge in [0.2, 0.25) is 0 Å². The molecular formula is C32H37F3N2O3S. The van der Waals surface area contributed by atoms with Gasteiger partial charge >= 0.3 is 12.1 Å². The van der Waals surface area contributed by atoms with Crippen LogP contribution in [0.3, 0.4) is 0 Å². The SMILES string of the molecule is CN(C[C@H](O)CNC(C)(C)CC1Cc2ccccc2C1)Sc1ccc(-c2ccc(CC(=O)O)cc2)c(C(F)(F)F)c1. The predicted octanol–water partition coefficient (Wildman–Crippen LogP) is 6.47. The number of rotatable bonds is 12. The Kier molecular flexibility index (Phi) is 9.85. The second-order valence-electron chi connectivity index (χ2n) is 11.5. The molecule has 0 amide bonds. The van der Waals surface area contributed by atoms with Gasteiger partial charge in [-0.05, 0) is 98.0 Å². The average Bonchev–Trinajstić information content (AvgIpc) is 3.29. The molecule has 0 saturated heterocycles. The standard InChI is InChI=1S/C32H37F3N2O3S/c1-31(2,18-22-14-24-6-4-5-7-25(24)15-22)36-19-26(38)20-37(3)41-27-12-13-28(29(17-27)32(33,34)35)23-10-8-21(9-11-23)16-30(39)40/h4-13,17,22,26,36,38H,14-16,18-20H2,1-3H3,(H,39,40)/t26-/m1/s1. The summed E-state index contributed by atoms with van der Waals surface area (Å²) in [5.74, 6) is -0.446. The Bertz CT molecular complexity index is 1320. The first-order chi connectivity index (χ1) is 19.3. The minimum absolute atomic E-state index is 0.0307. The van der Waals surface area contributed by atoms with E-state index in [0.717, 1.165) is 37.3 Å². The number of carbonyl (C=O) groups is 1. The first-order valence-electron chi connectivity index (χ1n) is 13.7. The van der Waals surface area contributed by atoms with E-state index in [1.807, 2.05) is 0 Å². The number of alkyl halides is 3. The van der Waals surface area contributed by atoms with Crippen LogP contribution in [0.4, 0.5) is 13.2 Å². The maximum absolute atomic E-state index is 14.0. The number of hydrogen-bond acceptors (Lipinski definition) is 5. The zero-order valence-corrected chi connectivity index (χ0v) is 24.4. The van der Waals surface area contributed by atoms with Crippen molar-refractivity contribution in [3.8, 4) is 11.1 Å². The zero-order chi connectivity index (χ0) is 29.8. The highest BCUT2D eigenvalue weighted by atomic mass is 32.2. The van der Waals surface area contributed by atoms with E-state index in [4.69, 9.17) is 5.11 Å². The van der Waals surface area contributed by atoms with Crippen molar-refractivity contribution in [2.75, 3.05) is 20.1 Å². The van der Waals surface area contributed by atoms with E-state index in [-0.39, 0.29) is 24.1 Å². The van der Waals surface area contributed by atoms with E-state index in [0.29, 0.717) is 28.5 Å². The lowest BCUT2D eigenvalue weighted by Crippen LogP contribution is -2.46. The first-order valence-corrected chi connectivity index (χ1v) is 14.5. The summed E-state index contributed by atoms with van der Waals surface area (Å²) in [6.45, 7) is 4.93. The number of aliphatic hydroxyl groups excluding tert-OH is 1. The van der Waals surface area contributed by atoms with Crippen LogP contribution < -0.4 is 5.32 Å². The summed E-state index contributed by atoms with van der Waals surface area (Å²) < 4.78 is 43.7. The molecule has 0 aliphatic heterocycles. The van der Waals surface area contributed by atoms with Crippen LogP contribution in [0.25, 0.3) is 11.1 Å². The van der Waals surface area contributed by atoms with E-state index in [1.165, 1.54) is 41.5 Å². The van der Waals surface area contributed by atoms with Gasteiger partial charge in [0.25, 0.3) is 0 Å². The topological polar surface area (TPSA) is 72.8 Å². The molecule has 5 nitrogen and oxygen atoms in total. The molecule has 0 saturated carbocycles. The third kappa shape index (κ3) is 8.82. The Hall–Kier alpha value is -2.85. The van der Waals surface area contributed by atoms with Crippen molar-refractivity contribution >= 4 is 17.9 Å². The second-order valence-corrected chi connectivity index (χ2v) is 12.8. The molecule has 0 bridgehead atoms. The normalized spacial score (nSPS) is 14.8. The molecule has 1 atom stereocenters. The van der Waals surface area contributed by atoms with Crippen LogP contribution in [0, 0.1) is 5.92 Å². The quantitative estimate of drug-likeness (QED) is 0.211. The van der Waals surface area contributed by atoms with Gasteiger partial charge in [-0.15, -0.1) is 0 Å². The molecule has 0 spiro atoms. The predicted molar refractivity (Wildman–Crippen MR) is 157 cm³/mol. The summed E-state index contributed by atoms with van der Waals surface area (Å²) in [6, 6.07) is 18.8. The molecule has 0 radical (unpaired) electrons. The van der Waals surface area contributed by atoms with Gasteiger partial charge in [0.1, 0.15) is 0 Å². The van der Waals surface area contributed by atoms with Crippen molar-refractivity contribution in [3.63, 3.8) is 0 Å². The molecule has 3 aromatic rings. The number of carboxylic acids is 1. The van der Waals surface area contributed by atoms with Crippen LogP contribution in [0.2, 0.25) is 0 Å². The number of aliphatic hydroxyl groups is 1. The highest BCUT2D eigenvalue weighted by Gasteiger charge is 2.34. The molecule has 1 aliphatic carbocycles. The summed E-state index contributed by atoms with van der Waals surface area (Å²) in [7, 11) is 1.75. The molecule has 0 fully saturated rings. The first kappa shape index (κ1) is 31.1. The second kappa shape index (κ2) is 13.0. The number of carboxylic acid groups (broad SMARTS) is 1. The van der Waals surface area contributed by atoms with E-state index in [2.05, 4.69) is 43.4 Å². The van der Waals surface area contributed by atoms with Gasteiger partial charge in [-0.1, -0.05) is 54.6 Å². The van der Waals surface area contributed by atoms with Crippen molar-refractivity contribution in [1.82, 2.24) is 9.62 Å². The Morgan fingerprint density at radius 2 is 1.68 bits per heavy atom. The summed E-state index contributed by atoms with van der Waals surface area (Å²) in [6.07, 6.45) is -2.34. The largest absolute Gasteiger partial charge is 0.481 e. The molecule has 0 unspecified atom stereocenters. The van der Waals surface area contributed by atoms with Crippen LogP contribution in [0.5, 0.6) is 0 Å². The smallest absolute Gasteiger partial charge is 0.417 e. The van der Waals surface area contributed by atoms with Gasteiger partial charge in [0, 0.05) is 23.5 Å². The van der Waals surface area contributed by atoms with Gasteiger partial charge in [-0.25, -0.2) is 4.31 Å². The molecule has 220 valence electrons. The number of nitrogens with one attached hydrogen (secondary N) is 1. The van der Waals surface area contributed by atoms with Crippen molar-refractivity contribution in [1.29, 1.82) is 0 Å². The van der Waals surface area contributed by atoms with Crippen LogP contribution in [-0.4, -0.2) is 52.3 Å². The van der Waals surface area contributed by atoms with E-state index in [9.17, 15) is 23.1 Å². The van der Waals surface area contributed by atoms with Crippen LogP contribution in [-0.2, 0) is 30.2 Å². The lowest BCUT2D eigenvalue weighted by Gasteiger charge is -2.31. The Morgan fingerprint density at radius 3 is 2.27 bits per heavy atom. The summed E-state index contributed by atoms with van der Waals surface area (Å²) in [4.78, 5) is 11.3. The molecule has 0 aromatic heterocycles. The third-order valence-corrected chi connectivity index (χ3v) is 8.32. The highest BCUT2D eigenvalue weighted by molar-refractivity contribution is 7.97. The monoisotopic (exact) mass is 586 g/mol. The lowest BCUT2D eigenvalue weighted by atomic mass is 9.88. The van der Waals surface area contributed by atoms with Gasteiger partial charge in [-0.3, -0.25) is 4.79 Å². The fourth-order valence-electron chi connectivity index (χ4n) is 5.60. The number of fused-ring (bicyclic) bond motifs is 1. The van der Waals surface area contributed by atoms with E-state index < -0.39 is 23.8 Å². The van der Waals surface area contributed by atoms with Crippen LogP contribution in [0.1, 0.15) is 42.5 Å². The van der Waals surface area contributed by atoms with Gasteiger partial charge < -0.3 is 15.5 Å². The molecule has 1 aliphatic rings. The highest BCUT2D eigenvalue weighted by Crippen LogP contribution is 2.40. The molecule has 3 N–H and O–H groups in total. The summed E-state index contributed by atoms with van der Waals surface area (Å²) >= 11 is 1.15. The number of aliphatic carboxylic acids is 1. The van der Waals surface area contributed by atoms with E-state index >= 15 is 0 Å².